The Bertz CT molecular complexity index is 673. The van der Waals surface area contributed by atoms with Crippen LogP contribution in [0.15, 0.2) is 24.3 Å². The van der Waals surface area contributed by atoms with Crippen LogP contribution in [0.5, 0.6) is 0 Å². The zero-order chi connectivity index (χ0) is 19.6. The van der Waals surface area contributed by atoms with Crippen LogP contribution in [0.4, 0.5) is 5.69 Å². The Morgan fingerprint density at radius 2 is 1.82 bits per heavy atom. The van der Waals surface area contributed by atoms with Crippen molar-refractivity contribution in [2.24, 2.45) is 5.41 Å². The summed E-state index contributed by atoms with van der Waals surface area (Å²) in [5.74, 6) is 0.666. The maximum atomic E-state index is 12.3. The fraction of sp³-hybridized carbons (Fsp3) is 0.708. The molecule has 1 saturated carbocycles. The highest BCUT2D eigenvalue weighted by molar-refractivity contribution is 5.79. The first-order valence-electron chi connectivity index (χ1n) is 11.3. The number of anilines is 1. The Labute approximate surface area is 170 Å². The maximum Gasteiger partial charge on any atom is 0.312 e. The molecule has 154 valence electrons. The molecule has 28 heavy (non-hydrogen) atoms. The van der Waals surface area contributed by atoms with Crippen molar-refractivity contribution < 1.29 is 9.53 Å². The highest BCUT2D eigenvalue weighted by Gasteiger charge is 2.50. The SMILES string of the molecule is CC(C)c1ccccc1N1CCN(CCC[C@@H]2CC3(CCCC3)C(=O)O2)CC1. The van der Waals surface area contributed by atoms with Crippen molar-refractivity contribution in [2.75, 3.05) is 37.6 Å². The Balaban J connectivity index is 1.21. The molecule has 0 aromatic heterocycles. The molecule has 1 aromatic rings. The summed E-state index contributed by atoms with van der Waals surface area (Å²) < 4.78 is 5.73. The van der Waals surface area contributed by atoms with E-state index in [1.807, 2.05) is 0 Å². The maximum absolute atomic E-state index is 12.3. The zero-order valence-corrected chi connectivity index (χ0v) is 17.7. The first-order valence-corrected chi connectivity index (χ1v) is 11.3. The molecule has 3 fully saturated rings. The van der Waals surface area contributed by atoms with Crippen LogP contribution >= 0.6 is 0 Å². The van der Waals surface area contributed by atoms with E-state index < -0.39 is 0 Å². The Hall–Kier alpha value is -1.55. The number of hydrogen-bond acceptors (Lipinski definition) is 4. The van der Waals surface area contributed by atoms with Gasteiger partial charge in [0.05, 0.1) is 5.41 Å². The van der Waals surface area contributed by atoms with Crippen molar-refractivity contribution in [3.8, 4) is 0 Å². The number of benzene rings is 1. The molecule has 4 nitrogen and oxygen atoms in total. The number of esters is 1. The minimum absolute atomic E-state index is 0.0971. The Morgan fingerprint density at radius 1 is 1.11 bits per heavy atom. The Morgan fingerprint density at radius 3 is 2.54 bits per heavy atom. The summed E-state index contributed by atoms with van der Waals surface area (Å²) in [5.41, 5.74) is 2.77. The van der Waals surface area contributed by atoms with E-state index in [1.54, 1.807) is 0 Å². The summed E-state index contributed by atoms with van der Waals surface area (Å²) in [5, 5.41) is 0. The average molecular weight is 385 g/mol. The lowest BCUT2D eigenvalue weighted by atomic mass is 9.82. The summed E-state index contributed by atoms with van der Waals surface area (Å²) in [6.45, 7) is 10.1. The van der Waals surface area contributed by atoms with E-state index >= 15 is 0 Å². The number of carbonyl (C=O) groups is 1. The summed E-state index contributed by atoms with van der Waals surface area (Å²) in [7, 11) is 0. The highest BCUT2D eigenvalue weighted by atomic mass is 16.6. The predicted octanol–water partition coefficient (Wildman–Crippen LogP) is 4.59. The summed E-state index contributed by atoms with van der Waals surface area (Å²) >= 11 is 0. The second-order valence-electron chi connectivity index (χ2n) is 9.40. The quantitative estimate of drug-likeness (QED) is 0.672. The molecule has 2 aliphatic heterocycles. The van der Waals surface area contributed by atoms with E-state index in [2.05, 4.69) is 47.9 Å². The van der Waals surface area contributed by atoms with Crippen LogP contribution in [0.3, 0.4) is 0 Å². The van der Waals surface area contributed by atoms with Crippen LogP contribution in [0, 0.1) is 5.41 Å². The van der Waals surface area contributed by atoms with Gasteiger partial charge in [0.25, 0.3) is 0 Å². The van der Waals surface area contributed by atoms with Crippen LogP contribution in [-0.4, -0.2) is 49.7 Å². The van der Waals surface area contributed by atoms with Crippen LogP contribution in [-0.2, 0) is 9.53 Å². The molecule has 1 aromatic carbocycles. The first kappa shape index (κ1) is 19.8. The molecular weight excluding hydrogens is 348 g/mol. The predicted molar refractivity (Wildman–Crippen MR) is 114 cm³/mol. The molecule has 4 rings (SSSR count). The van der Waals surface area contributed by atoms with E-state index in [9.17, 15) is 4.79 Å². The van der Waals surface area contributed by atoms with Gasteiger partial charge in [0.15, 0.2) is 0 Å². The van der Waals surface area contributed by atoms with Gasteiger partial charge in [0, 0.05) is 38.3 Å². The molecule has 3 aliphatic rings. The van der Waals surface area contributed by atoms with Gasteiger partial charge in [0.1, 0.15) is 6.10 Å². The monoisotopic (exact) mass is 384 g/mol. The second-order valence-corrected chi connectivity index (χ2v) is 9.40. The van der Waals surface area contributed by atoms with E-state index in [1.165, 1.54) is 24.1 Å². The summed E-state index contributed by atoms with van der Waals surface area (Å²) in [6, 6.07) is 8.86. The highest BCUT2D eigenvalue weighted by Crippen LogP contribution is 2.48. The average Bonchev–Trinajstić information content (AvgIpc) is 3.30. The van der Waals surface area contributed by atoms with Gasteiger partial charge in [-0.15, -0.1) is 0 Å². The van der Waals surface area contributed by atoms with Gasteiger partial charge < -0.3 is 9.64 Å². The molecule has 1 aliphatic carbocycles. The molecule has 1 spiro atoms. The number of ether oxygens (including phenoxy) is 1. The first-order chi connectivity index (χ1) is 13.6. The summed E-state index contributed by atoms with van der Waals surface area (Å²) in [6.07, 6.45) is 7.83. The zero-order valence-electron chi connectivity index (χ0n) is 17.7. The third-order valence-corrected chi connectivity index (χ3v) is 7.16. The number of piperazine rings is 1. The van der Waals surface area contributed by atoms with Gasteiger partial charge in [-0.2, -0.15) is 0 Å². The third kappa shape index (κ3) is 4.07. The van der Waals surface area contributed by atoms with Crippen LogP contribution in [0.2, 0.25) is 0 Å². The van der Waals surface area contributed by atoms with E-state index in [0.29, 0.717) is 5.92 Å². The van der Waals surface area contributed by atoms with Gasteiger partial charge in [-0.25, -0.2) is 0 Å². The number of para-hydroxylation sites is 1. The van der Waals surface area contributed by atoms with Crippen molar-refractivity contribution in [3.63, 3.8) is 0 Å². The molecule has 2 heterocycles. The van der Waals surface area contributed by atoms with E-state index in [4.69, 9.17) is 4.74 Å². The molecule has 4 heteroatoms. The lowest BCUT2D eigenvalue weighted by Gasteiger charge is -2.37. The molecule has 2 saturated heterocycles. The molecule has 1 atom stereocenters. The largest absolute Gasteiger partial charge is 0.462 e. The number of hydrogen-bond donors (Lipinski definition) is 0. The van der Waals surface area contributed by atoms with Crippen LogP contribution in [0.25, 0.3) is 0 Å². The fourth-order valence-corrected chi connectivity index (χ4v) is 5.48. The topological polar surface area (TPSA) is 32.8 Å². The van der Waals surface area contributed by atoms with Crippen molar-refractivity contribution in [1.82, 2.24) is 4.90 Å². The number of nitrogens with zero attached hydrogens (tertiary/aromatic N) is 2. The molecule has 0 amide bonds. The van der Waals surface area contributed by atoms with E-state index in [0.717, 1.165) is 64.8 Å². The fourth-order valence-electron chi connectivity index (χ4n) is 5.48. The molecule has 0 radical (unpaired) electrons. The Kier molecular flexibility index (Phi) is 5.96. The lowest BCUT2D eigenvalue weighted by Crippen LogP contribution is -2.47. The van der Waals surface area contributed by atoms with Crippen LogP contribution < -0.4 is 4.90 Å². The molecule has 0 bridgehead atoms. The van der Waals surface area contributed by atoms with Crippen molar-refractivity contribution >= 4 is 11.7 Å². The molecular formula is C24H36N2O2. The second kappa shape index (κ2) is 8.44. The van der Waals surface area contributed by atoms with E-state index in [-0.39, 0.29) is 17.5 Å². The molecule has 0 N–H and O–H groups in total. The lowest BCUT2D eigenvalue weighted by molar-refractivity contribution is -0.148. The smallest absolute Gasteiger partial charge is 0.312 e. The van der Waals surface area contributed by atoms with Crippen molar-refractivity contribution in [1.29, 1.82) is 0 Å². The third-order valence-electron chi connectivity index (χ3n) is 7.16. The van der Waals surface area contributed by atoms with Gasteiger partial charge in [0.2, 0.25) is 0 Å². The number of carbonyl (C=O) groups excluding carboxylic acids is 1. The van der Waals surface area contributed by atoms with Crippen LogP contribution in [0.1, 0.15) is 70.3 Å². The van der Waals surface area contributed by atoms with Gasteiger partial charge >= 0.3 is 5.97 Å². The van der Waals surface area contributed by atoms with Crippen molar-refractivity contribution in [2.45, 2.75) is 70.8 Å². The van der Waals surface area contributed by atoms with Gasteiger partial charge in [-0.1, -0.05) is 44.9 Å². The number of cyclic esters (lactones) is 1. The minimum Gasteiger partial charge on any atom is -0.462 e. The van der Waals surface area contributed by atoms with Crippen molar-refractivity contribution in [3.05, 3.63) is 29.8 Å². The van der Waals surface area contributed by atoms with Gasteiger partial charge in [-0.3, -0.25) is 9.69 Å². The normalized spacial score (nSPS) is 25.0. The minimum atomic E-state index is -0.0971. The molecule has 0 unspecified atom stereocenters. The number of rotatable bonds is 6. The standard InChI is InChI=1S/C24H36N2O2/c1-19(2)21-9-3-4-10-22(21)26-16-14-25(15-17-26)13-7-8-20-18-24(23(27)28-20)11-5-6-12-24/h3-4,9-10,19-20H,5-8,11-18H2,1-2H3/t20-/m1/s1. The van der Waals surface area contributed by atoms with Gasteiger partial charge in [-0.05, 0) is 49.8 Å². The summed E-state index contributed by atoms with van der Waals surface area (Å²) in [4.78, 5) is 17.4.